The molecule has 1 aromatic rings. The summed E-state index contributed by atoms with van der Waals surface area (Å²) in [5.74, 6) is -0.438. The van der Waals surface area contributed by atoms with Crippen LogP contribution in [0.2, 0.25) is 0 Å². The molecule has 2 N–H and O–H groups in total. The highest BCUT2D eigenvalue weighted by Gasteiger charge is 2.56. The molecule has 9 heteroatoms. The molecule has 0 bridgehead atoms. The van der Waals surface area contributed by atoms with Crippen molar-refractivity contribution in [2.45, 2.75) is 12.3 Å². The van der Waals surface area contributed by atoms with Gasteiger partial charge in [-0.1, -0.05) is 16.9 Å². The molecule has 0 unspecified atom stereocenters. The van der Waals surface area contributed by atoms with Crippen LogP contribution in [0.15, 0.2) is 16.5 Å². The predicted molar refractivity (Wildman–Crippen MR) is 66.1 cm³/mol. The summed E-state index contributed by atoms with van der Waals surface area (Å²) in [6.45, 7) is 1.41. The number of nitrogens with zero attached hydrogens (tertiary/aromatic N) is 2. The minimum atomic E-state index is -1.51. The Balaban J connectivity index is 1.99. The lowest BCUT2D eigenvalue weighted by molar-refractivity contribution is -0.151. The van der Waals surface area contributed by atoms with E-state index in [2.05, 4.69) is 5.16 Å². The Morgan fingerprint density at radius 2 is 2.40 bits per heavy atom. The number of aryl methyl sites for hydroxylation is 1. The summed E-state index contributed by atoms with van der Waals surface area (Å²) in [6, 6.07) is 1.62. The zero-order valence-corrected chi connectivity index (χ0v) is 11.1. The molecule has 0 radical (unpaired) electrons. The SMILES string of the molecule is Cc1cc(C2=C(OC(=O)O)N3C(=O)[C@H](CO)[C@H]3S2)no1. The summed E-state index contributed by atoms with van der Waals surface area (Å²) in [4.78, 5) is 24.3. The number of aromatic nitrogens is 1. The quantitative estimate of drug-likeness (QED) is 0.623. The molecule has 2 atom stereocenters. The monoisotopic (exact) mass is 298 g/mol. The van der Waals surface area contributed by atoms with Gasteiger partial charge in [-0.3, -0.25) is 9.69 Å². The number of hydrogen-bond donors (Lipinski definition) is 2. The van der Waals surface area contributed by atoms with E-state index in [0.717, 1.165) is 0 Å². The van der Waals surface area contributed by atoms with Crippen LogP contribution >= 0.6 is 11.8 Å². The Hall–Kier alpha value is -2.00. The highest BCUT2D eigenvalue weighted by molar-refractivity contribution is 8.09. The van der Waals surface area contributed by atoms with Gasteiger partial charge in [0.15, 0.2) is 0 Å². The third kappa shape index (κ3) is 1.78. The second kappa shape index (κ2) is 4.53. The Labute approximate surface area is 117 Å². The Morgan fingerprint density at radius 3 is 2.95 bits per heavy atom. The van der Waals surface area contributed by atoms with Crippen LogP contribution in [-0.4, -0.2) is 44.3 Å². The number of carbonyl (C=O) groups excluding carboxylic acids is 1. The van der Waals surface area contributed by atoms with Crippen molar-refractivity contribution < 1.29 is 29.1 Å². The van der Waals surface area contributed by atoms with Gasteiger partial charge in [-0.05, 0) is 6.92 Å². The number of fused-ring (bicyclic) bond motifs is 1. The summed E-state index contributed by atoms with van der Waals surface area (Å²) in [5.41, 5.74) is 0.405. The fourth-order valence-electron chi connectivity index (χ4n) is 2.14. The van der Waals surface area contributed by atoms with Crippen LogP contribution in [0.1, 0.15) is 11.5 Å². The second-order valence-electron chi connectivity index (χ2n) is 4.33. The fourth-order valence-corrected chi connectivity index (χ4v) is 3.52. The van der Waals surface area contributed by atoms with Crippen LogP contribution in [-0.2, 0) is 9.53 Å². The van der Waals surface area contributed by atoms with E-state index in [-0.39, 0.29) is 23.8 Å². The molecule has 1 fully saturated rings. The van der Waals surface area contributed by atoms with E-state index in [0.29, 0.717) is 16.4 Å². The van der Waals surface area contributed by atoms with Crippen LogP contribution in [0.4, 0.5) is 4.79 Å². The lowest BCUT2D eigenvalue weighted by atomic mass is 10.00. The molecule has 0 spiro atoms. The number of amides is 1. The van der Waals surface area contributed by atoms with Gasteiger partial charge in [0, 0.05) is 6.07 Å². The van der Waals surface area contributed by atoms with Crippen LogP contribution in [0.5, 0.6) is 0 Å². The van der Waals surface area contributed by atoms with E-state index in [1.807, 2.05) is 0 Å². The first kappa shape index (κ1) is 13.0. The van der Waals surface area contributed by atoms with Gasteiger partial charge in [0.25, 0.3) is 0 Å². The molecule has 106 valence electrons. The van der Waals surface area contributed by atoms with Gasteiger partial charge < -0.3 is 19.5 Å². The standard InChI is InChI=1S/C11H10N2O6S/c1-4-2-6(12-19-4)7-9(18-11(16)17)13-8(15)5(3-14)10(13)20-7/h2,5,10,14H,3H2,1H3,(H,16,17)/t5-,10+/m0/s1. The zero-order valence-electron chi connectivity index (χ0n) is 10.3. The van der Waals surface area contributed by atoms with E-state index in [1.54, 1.807) is 13.0 Å². The van der Waals surface area contributed by atoms with Crippen LogP contribution in [0.3, 0.4) is 0 Å². The van der Waals surface area contributed by atoms with E-state index >= 15 is 0 Å². The lowest BCUT2D eigenvalue weighted by Gasteiger charge is -2.40. The molecule has 1 aromatic heterocycles. The van der Waals surface area contributed by atoms with Crippen molar-refractivity contribution in [3.63, 3.8) is 0 Å². The molecule has 3 heterocycles. The normalized spacial score (nSPS) is 24.7. The van der Waals surface area contributed by atoms with E-state index in [1.165, 1.54) is 16.7 Å². The highest BCUT2D eigenvalue weighted by Crippen LogP contribution is 2.52. The van der Waals surface area contributed by atoms with E-state index < -0.39 is 12.1 Å². The van der Waals surface area contributed by atoms with Crippen molar-refractivity contribution in [1.82, 2.24) is 10.1 Å². The van der Waals surface area contributed by atoms with E-state index in [4.69, 9.17) is 19.5 Å². The molecule has 3 rings (SSSR count). The minimum absolute atomic E-state index is 0.0736. The van der Waals surface area contributed by atoms with Crippen molar-refractivity contribution in [2.75, 3.05) is 6.61 Å². The van der Waals surface area contributed by atoms with Crippen molar-refractivity contribution in [2.24, 2.45) is 5.92 Å². The topological polar surface area (TPSA) is 113 Å². The highest BCUT2D eigenvalue weighted by atomic mass is 32.2. The third-order valence-corrected chi connectivity index (χ3v) is 4.45. The molecule has 8 nitrogen and oxygen atoms in total. The average Bonchev–Trinajstić information content (AvgIpc) is 2.91. The van der Waals surface area contributed by atoms with Crippen LogP contribution in [0, 0.1) is 12.8 Å². The number of hydrogen-bond acceptors (Lipinski definition) is 7. The summed E-state index contributed by atoms with van der Waals surface area (Å²) in [5, 5.41) is 21.4. The van der Waals surface area contributed by atoms with Gasteiger partial charge in [-0.2, -0.15) is 0 Å². The number of thioether (sulfide) groups is 1. The fraction of sp³-hybridized carbons (Fsp3) is 0.364. The number of rotatable bonds is 3. The van der Waals surface area contributed by atoms with E-state index in [9.17, 15) is 9.59 Å². The third-order valence-electron chi connectivity index (χ3n) is 3.05. The van der Waals surface area contributed by atoms with Gasteiger partial charge in [0.2, 0.25) is 11.8 Å². The van der Waals surface area contributed by atoms with Gasteiger partial charge >= 0.3 is 6.16 Å². The maximum absolute atomic E-state index is 11.8. The number of carboxylic acid groups (broad SMARTS) is 1. The first-order chi connectivity index (χ1) is 9.52. The zero-order chi connectivity index (χ0) is 14.4. The number of aliphatic hydroxyl groups excluding tert-OH is 1. The first-order valence-corrected chi connectivity index (χ1v) is 6.60. The predicted octanol–water partition coefficient (Wildman–Crippen LogP) is 0.827. The number of carbonyl (C=O) groups is 2. The van der Waals surface area contributed by atoms with Gasteiger partial charge in [-0.25, -0.2) is 4.79 Å². The molecule has 2 aliphatic rings. The maximum Gasteiger partial charge on any atom is 0.512 e. The molecule has 1 saturated heterocycles. The summed E-state index contributed by atoms with van der Waals surface area (Å²) < 4.78 is 9.65. The molecular formula is C11H10N2O6S. The molecule has 0 aromatic carbocycles. The molecule has 0 aliphatic carbocycles. The number of aliphatic hydroxyl groups is 1. The van der Waals surface area contributed by atoms with Crippen LogP contribution < -0.4 is 0 Å². The molecule has 1 amide bonds. The largest absolute Gasteiger partial charge is 0.512 e. The van der Waals surface area contributed by atoms with Crippen molar-refractivity contribution >= 4 is 28.7 Å². The lowest BCUT2D eigenvalue weighted by Crippen LogP contribution is -2.58. The van der Waals surface area contributed by atoms with Crippen LogP contribution in [0.25, 0.3) is 4.91 Å². The number of β-lactam (4-membered cyclic amide) rings is 1. The Bertz CT molecular complexity index is 624. The van der Waals surface area contributed by atoms with Gasteiger partial charge in [0.1, 0.15) is 16.8 Å². The van der Waals surface area contributed by atoms with Gasteiger partial charge in [-0.15, -0.1) is 0 Å². The molecule has 2 aliphatic heterocycles. The van der Waals surface area contributed by atoms with Crippen molar-refractivity contribution in [1.29, 1.82) is 0 Å². The average molecular weight is 298 g/mol. The summed E-state index contributed by atoms with van der Waals surface area (Å²) in [7, 11) is 0. The first-order valence-electron chi connectivity index (χ1n) is 5.72. The minimum Gasteiger partial charge on any atom is -0.449 e. The maximum atomic E-state index is 11.8. The number of ether oxygens (including phenoxy) is 1. The molecule has 0 saturated carbocycles. The Kier molecular flexibility index (Phi) is 2.94. The second-order valence-corrected chi connectivity index (χ2v) is 5.46. The van der Waals surface area contributed by atoms with Crippen molar-refractivity contribution in [3.8, 4) is 0 Å². The molecule has 20 heavy (non-hydrogen) atoms. The summed E-state index contributed by atoms with van der Waals surface area (Å²) in [6.07, 6.45) is -1.51. The summed E-state index contributed by atoms with van der Waals surface area (Å²) >= 11 is 1.23. The van der Waals surface area contributed by atoms with Gasteiger partial charge in [0.05, 0.1) is 17.4 Å². The molecular weight excluding hydrogens is 288 g/mol. The van der Waals surface area contributed by atoms with Crippen molar-refractivity contribution in [3.05, 3.63) is 23.4 Å². The Morgan fingerprint density at radius 1 is 1.65 bits per heavy atom. The smallest absolute Gasteiger partial charge is 0.449 e.